The van der Waals surface area contributed by atoms with E-state index in [1.807, 2.05) is 24.3 Å². The average molecular weight is 291 g/mol. The fourth-order valence-electron chi connectivity index (χ4n) is 5.81. The average Bonchev–Trinajstić information content (AvgIpc) is 2.36. The van der Waals surface area contributed by atoms with Crippen LogP contribution in [0.2, 0.25) is 5.02 Å². The Hall–Kier alpha value is -0.530. The molecule has 0 amide bonds. The summed E-state index contributed by atoms with van der Waals surface area (Å²) in [5.41, 5.74) is 1.33. The number of rotatable bonds is 3. The third-order valence-corrected chi connectivity index (χ3v) is 6.40. The van der Waals surface area contributed by atoms with E-state index < -0.39 is 0 Å². The van der Waals surface area contributed by atoms with Gasteiger partial charge in [-0.25, -0.2) is 0 Å². The van der Waals surface area contributed by atoms with Crippen LogP contribution in [0.4, 0.5) is 0 Å². The molecule has 0 spiro atoms. The predicted octanol–water partition coefficient (Wildman–Crippen LogP) is 4.98. The molecule has 4 saturated carbocycles. The summed E-state index contributed by atoms with van der Waals surface area (Å²) < 4.78 is 0. The lowest BCUT2D eigenvalue weighted by atomic mass is 9.48. The highest BCUT2D eigenvalue weighted by Crippen LogP contribution is 2.62. The maximum Gasteiger partial charge on any atom is 0.0809 e. The van der Waals surface area contributed by atoms with Crippen LogP contribution in [-0.4, -0.2) is 5.11 Å². The van der Waals surface area contributed by atoms with Gasteiger partial charge in [0.15, 0.2) is 0 Å². The SMILES string of the molecule is OC(CC12CC3CC(CC(C3)C1)C2)c1ccccc1Cl. The molecule has 1 nitrogen and oxygen atoms in total. The van der Waals surface area contributed by atoms with Gasteiger partial charge < -0.3 is 5.11 Å². The van der Waals surface area contributed by atoms with Crippen molar-refractivity contribution in [2.24, 2.45) is 23.2 Å². The van der Waals surface area contributed by atoms with Gasteiger partial charge in [0.2, 0.25) is 0 Å². The standard InChI is InChI=1S/C18H23ClO/c19-16-4-2-1-3-15(16)17(20)11-18-8-12-5-13(9-18)7-14(6-12)10-18/h1-4,12-14,17,20H,5-11H2. The van der Waals surface area contributed by atoms with Crippen LogP contribution >= 0.6 is 11.6 Å². The number of aliphatic hydroxyl groups is 1. The molecule has 4 aliphatic rings. The van der Waals surface area contributed by atoms with Gasteiger partial charge in [0.1, 0.15) is 0 Å². The molecular weight excluding hydrogens is 268 g/mol. The lowest BCUT2D eigenvalue weighted by Crippen LogP contribution is -2.46. The highest BCUT2D eigenvalue weighted by atomic mass is 35.5. The fourth-order valence-corrected chi connectivity index (χ4v) is 6.07. The van der Waals surface area contributed by atoms with Crippen molar-refractivity contribution >= 4 is 11.6 Å². The quantitative estimate of drug-likeness (QED) is 0.832. The molecule has 1 N–H and O–H groups in total. The molecule has 1 aromatic carbocycles. The molecular formula is C18H23ClO. The second-order valence-electron chi connectivity index (χ2n) is 7.66. The van der Waals surface area contributed by atoms with Gasteiger partial charge >= 0.3 is 0 Å². The maximum atomic E-state index is 10.7. The van der Waals surface area contributed by atoms with Crippen LogP contribution in [0.15, 0.2) is 24.3 Å². The van der Waals surface area contributed by atoms with Crippen LogP contribution in [0.5, 0.6) is 0 Å². The molecule has 1 atom stereocenters. The normalized spacial score (nSPS) is 40.0. The lowest BCUT2D eigenvalue weighted by molar-refractivity contribution is -0.0764. The summed E-state index contributed by atoms with van der Waals surface area (Å²) in [5, 5.41) is 11.4. The third-order valence-electron chi connectivity index (χ3n) is 6.06. The Morgan fingerprint density at radius 2 is 1.60 bits per heavy atom. The molecule has 0 heterocycles. The molecule has 4 bridgehead atoms. The van der Waals surface area contributed by atoms with Crippen molar-refractivity contribution in [3.05, 3.63) is 34.9 Å². The molecule has 4 fully saturated rings. The second kappa shape index (κ2) is 4.74. The molecule has 5 rings (SSSR count). The minimum absolute atomic E-state index is 0.389. The van der Waals surface area contributed by atoms with Gasteiger partial charge in [-0.1, -0.05) is 29.8 Å². The van der Waals surface area contributed by atoms with Gasteiger partial charge in [-0.2, -0.15) is 0 Å². The van der Waals surface area contributed by atoms with E-state index >= 15 is 0 Å². The Balaban J connectivity index is 1.55. The predicted molar refractivity (Wildman–Crippen MR) is 81.6 cm³/mol. The van der Waals surface area contributed by atoms with Crippen LogP contribution < -0.4 is 0 Å². The Morgan fingerprint density at radius 3 is 2.15 bits per heavy atom. The minimum Gasteiger partial charge on any atom is -0.388 e. The summed E-state index contributed by atoms with van der Waals surface area (Å²) >= 11 is 6.25. The van der Waals surface area contributed by atoms with Gasteiger partial charge in [-0.15, -0.1) is 0 Å². The molecule has 20 heavy (non-hydrogen) atoms. The van der Waals surface area contributed by atoms with Crippen LogP contribution in [0.3, 0.4) is 0 Å². The first-order valence-electron chi connectivity index (χ1n) is 8.06. The van der Waals surface area contributed by atoms with E-state index in [-0.39, 0.29) is 6.10 Å². The van der Waals surface area contributed by atoms with Crippen molar-refractivity contribution in [2.45, 2.75) is 51.0 Å². The van der Waals surface area contributed by atoms with Gasteiger partial charge in [0.25, 0.3) is 0 Å². The lowest BCUT2D eigenvalue weighted by Gasteiger charge is -2.57. The zero-order valence-corrected chi connectivity index (χ0v) is 12.6. The highest BCUT2D eigenvalue weighted by Gasteiger charge is 2.51. The molecule has 0 radical (unpaired) electrons. The molecule has 4 aliphatic carbocycles. The first kappa shape index (κ1) is 13.2. The van der Waals surface area contributed by atoms with Crippen LogP contribution in [0.25, 0.3) is 0 Å². The Morgan fingerprint density at radius 1 is 1.05 bits per heavy atom. The molecule has 0 saturated heterocycles. The minimum atomic E-state index is -0.389. The van der Waals surface area contributed by atoms with Crippen molar-refractivity contribution in [1.82, 2.24) is 0 Å². The summed E-state index contributed by atoms with van der Waals surface area (Å²) in [6.07, 6.45) is 8.95. The van der Waals surface area contributed by atoms with Gasteiger partial charge in [0, 0.05) is 5.02 Å². The molecule has 2 heteroatoms. The van der Waals surface area contributed by atoms with Crippen LogP contribution in [-0.2, 0) is 0 Å². The van der Waals surface area contributed by atoms with Gasteiger partial charge in [-0.05, 0) is 79.7 Å². The Labute approximate surface area is 126 Å². The summed E-state index contributed by atoms with van der Waals surface area (Å²) in [6.45, 7) is 0. The van der Waals surface area contributed by atoms with E-state index in [4.69, 9.17) is 11.6 Å². The molecule has 0 aliphatic heterocycles. The van der Waals surface area contributed by atoms with Crippen LogP contribution in [0.1, 0.15) is 56.6 Å². The van der Waals surface area contributed by atoms with Gasteiger partial charge in [0.05, 0.1) is 6.10 Å². The number of hydrogen-bond acceptors (Lipinski definition) is 1. The zero-order valence-electron chi connectivity index (χ0n) is 11.9. The largest absolute Gasteiger partial charge is 0.388 e. The highest BCUT2D eigenvalue weighted by molar-refractivity contribution is 6.31. The van der Waals surface area contributed by atoms with E-state index in [1.165, 1.54) is 38.5 Å². The monoisotopic (exact) mass is 290 g/mol. The number of aliphatic hydroxyl groups excluding tert-OH is 1. The number of halogens is 1. The van der Waals surface area contributed by atoms with Crippen molar-refractivity contribution in [1.29, 1.82) is 0 Å². The van der Waals surface area contributed by atoms with E-state index in [0.717, 1.165) is 29.7 Å². The number of hydrogen-bond donors (Lipinski definition) is 1. The second-order valence-corrected chi connectivity index (χ2v) is 8.07. The van der Waals surface area contributed by atoms with Crippen molar-refractivity contribution in [2.75, 3.05) is 0 Å². The first-order chi connectivity index (χ1) is 9.63. The van der Waals surface area contributed by atoms with Crippen molar-refractivity contribution < 1.29 is 5.11 Å². The molecule has 1 unspecified atom stereocenters. The van der Waals surface area contributed by atoms with Crippen molar-refractivity contribution in [3.8, 4) is 0 Å². The van der Waals surface area contributed by atoms with Crippen LogP contribution in [0, 0.1) is 23.2 Å². The summed E-state index contributed by atoms with van der Waals surface area (Å²) in [5.74, 6) is 2.83. The maximum absolute atomic E-state index is 10.7. The topological polar surface area (TPSA) is 20.2 Å². The van der Waals surface area contributed by atoms with E-state index in [2.05, 4.69) is 0 Å². The molecule has 0 aromatic heterocycles. The smallest absolute Gasteiger partial charge is 0.0809 e. The summed E-state index contributed by atoms with van der Waals surface area (Å²) in [4.78, 5) is 0. The zero-order chi connectivity index (χ0) is 13.7. The van der Waals surface area contributed by atoms with E-state index in [1.54, 1.807) is 0 Å². The van der Waals surface area contributed by atoms with E-state index in [0.29, 0.717) is 10.4 Å². The third kappa shape index (κ3) is 2.19. The van der Waals surface area contributed by atoms with E-state index in [9.17, 15) is 5.11 Å². The fraction of sp³-hybridized carbons (Fsp3) is 0.667. The summed E-state index contributed by atoms with van der Waals surface area (Å²) in [7, 11) is 0. The molecule has 1 aromatic rings. The molecule has 108 valence electrons. The Bertz CT molecular complexity index is 475. The Kier molecular flexibility index (Phi) is 3.12. The van der Waals surface area contributed by atoms with Crippen molar-refractivity contribution in [3.63, 3.8) is 0 Å². The first-order valence-corrected chi connectivity index (χ1v) is 8.44. The summed E-state index contributed by atoms with van der Waals surface area (Å²) in [6, 6.07) is 7.78. The number of benzene rings is 1. The van der Waals surface area contributed by atoms with Gasteiger partial charge in [-0.3, -0.25) is 0 Å².